The smallest absolute Gasteiger partial charge is 0.305 e. The molecule has 0 bridgehead atoms. The average Bonchev–Trinajstić information content (AvgIpc) is 2.83. The lowest BCUT2D eigenvalue weighted by Crippen LogP contribution is -2.44. The van der Waals surface area contributed by atoms with E-state index in [1.807, 2.05) is 28.2 Å². The van der Waals surface area contributed by atoms with Gasteiger partial charge in [0.15, 0.2) is 0 Å². The molecule has 0 saturated carbocycles. The first-order valence-corrected chi connectivity index (χ1v) is 14.9. The van der Waals surface area contributed by atoms with Crippen molar-refractivity contribution in [1.29, 1.82) is 0 Å². The Morgan fingerprint density at radius 1 is 0.553 bits per heavy atom. The maximum absolute atomic E-state index is 11.8. The van der Waals surface area contributed by atoms with Gasteiger partial charge in [0.1, 0.15) is 39.4 Å². The Balaban J connectivity index is 3.43. The fraction of sp³-hybridized carbons (Fsp3) is 0.867. The van der Waals surface area contributed by atoms with Gasteiger partial charge in [0, 0.05) is 12.8 Å². The third kappa shape index (κ3) is 24.8. The summed E-state index contributed by atoms with van der Waals surface area (Å²) in [5, 5.41) is 18.0. The largest absolute Gasteiger partial charge is 0.460 e. The van der Waals surface area contributed by atoms with Gasteiger partial charge in [0.2, 0.25) is 0 Å². The number of aliphatic hydroxyl groups excluding tert-OH is 2. The minimum atomic E-state index is -0.107. The number of ether oxygens (including phenoxy) is 2. The first kappa shape index (κ1) is 36.5. The van der Waals surface area contributed by atoms with Gasteiger partial charge in [-0.3, -0.25) is 9.59 Å². The van der Waals surface area contributed by atoms with E-state index >= 15 is 0 Å². The Hall–Kier alpha value is -1.48. The van der Waals surface area contributed by atoms with Crippen LogP contribution < -0.4 is 0 Å². The molecular formula is C30H60N2O6+2. The fourth-order valence-corrected chi connectivity index (χ4v) is 4.08. The molecule has 0 aliphatic heterocycles. The topological polar surface area (TPSA) is 93.1 Å². The molecule has 0 heterocycles. The van der Waals surface area contributed by atoms with Gasteiger partial charge in [-0.25, -0.2) is 0 Å². The second-order valence-corrected chi connectivity index (χ2v) is 11.7. The van der Waals surface area contributed by atoms with Crippen LogP contribution in [0.15, 0.2) is 12.2 Å². The highest BCUT2D eigenvalue weighted by molar-refractivity contribution is 5.69. The Morgan fingerprint density at radius 3 is 1.26 bits per heavy atom. The third-order valence-electron chi connectivity index (χ3n) is 7.00. The molecule has 0 unspecified atom stereocenters. The van der Waals surface area contributed by atoms with Crippen molar-refractivity contribution < 1.29 is 38.2 Å². The lowest BCUT2D eigenvalue weighted by atomic mass is 10.1. The van der Waals surface area contributed by atoms with Crippen molar-refractivity contribution in [3.05, 3.63) is 12.2 Å². The number of rotatable bonds is 26. The molecule has 0 aromatic heterocycles. The van der Waals surface area contributed by atoms with E-state index in [4.69, 9.17) is 19.7 Å². The van der Waals surface area contributed by atoms with Gasteiger partial charge in [0.05, 0.1) is 41.4 Å². The molecule has 0 aliphatic carbocycles. The molecule has 0 aromatic rings. The van der Waals surface area contributed by atoms with Gasteiger partial charge >= 0.3 is 11.9 Å². The van der Waals surface area contributed by atoms with Crippen LogP contribution in [0.4, 0.5) is 0 Å². The zero-order valence-electron chi connectivity index (χ0n) is 25.1. The number of allylic oxidation sites excluding steroid dienone is 2. The van der Waals surface area contributed by atoms with Crippen molar-refractivity contribution in [2.75, 3.05) is 80.8 Å². The number of unbranched alkanes of at least 4 members (excludes halogenated alkanes) is 10. The molecule has 0 saturated heterocycles. The maximum atomic E-state index is 11.8. The molecule has 8 nitrogen and oxygen atoms in total. The van der Waals surface area contributed by atoms with Crippen LogP contribution in [0.2, 0.25) is 0 Å². The average molecular weight is 545 g/mol. The summed E-state index contributed by atoms with van der Waals surface area (Å²) in [5.74, 6) is -0.214. The van der Waals surface area contributed by atoms with E-state index in [0.29, 0.717) is 48.1 Å². The number of hydrogen-bond donors (Lipinski definition) is 2. The van der Waals surface area contributed by atoms with Crippen LogP contribution in [0.3, 0.4) is 0 Å². The van der Waals surface area contributed by atoms with Crippen LogP contribution in [0, 0.1) is 0 Å². The zero-order chi connectivity index (χ0) is 28.5. The predicted molar refractivity (Wildman–Crippen MR) is 154 cm³/mol. The Labute approximate surface area is 233 Å². The highest BCUT2D eigenvalue weighted by Gasteiger charge is 2.15. The summed E-state index contributed by atoms with van der Waals surface area (Å²) in [7, 11) is 8.10. The summed E-state index contributed by atoms with van der Waals surface area (Å²) in [6.45, 7) is 3.91. The number of aliphatic hydroxyl groups is 2. The molecule has 38 heavy (non-hydrogen) atoms. The number of carbonyl (C=O) groups excluding carboxylic acids is 2. The quantitative estimate of drug-likeness (QED) is 0.0733. The van der Waals surface area contributed by atoms with Crippen LogP contribution in [-0.4, -0.2) is 112 Å². The Kier molecular flexibility index (Phi) is 22.5. The van der Waals surface area contributed by atoms with Crippen LogP contribution in [0.25, 0.3) is 0 Å². The standard InChI is InChI=1S/C30H60N2O6/c1-31(2,21-25-33)23-27-37-29(35)19-17-15-13-11-9-7-5-6-8-10-12-14-16-18-20-30(36)38-28-24-32(3,4)22-26-34/h5-6,33-34H,7-28H2,1-4H3/q+2/b6-5+. The van der Waals surface area contributed by atoms with E-state index in [1.54, 1.807) is 0 Å². The first-order chi connectivity index (χ1) is 18.1. The zero-order valence-corrected chi connectivity index (χ0v) is 25.1. The lowest BCUT2D eigenvalue weighted by Gasteiger charge is -2.28. The maximum Gasteiger partial charge on any atom is 0.305 e. The van der Waals surface area contributed by atoms with Crippen molar-refractivity contribution in [1.82, 2.24) is 0 Å². The normalized spacial score (nSPS) is 12.3. The second-order valence-electron chi connectivity index (χ2n) is 11.7. The van der Waals surface area contributed by atoms with E-state index < -0.39 is 0 Å². The van der Waals surface area contributed by atoms with Crippen LogP contribution in [0.5, 0.6) is 0 Å². The molecule has 0 radical (unpaired) electrons. The second kappa shape index (κ2) is 23.4. The fourth-order valence-electron chi connectivity index (χ4n) is 4.08. The summed E-state index contributed by atoms with van der Waals surface area (Å²) < 4.78 is 11.9. The highest BCUT2D eigenvalue weighted by Crippen LogP contribution is 2.11. The molecular weight excluding hydrogens is 484 g/mol. The van der Waals surface area contributed by atoms with E-state index in [0.717, 1.165) is 64.5 Å². The molecule has 8 heteroatoms. The number of hydrogen-bond acceptors (Lipinski definition) is 6. The minimum Gasteiger partial charge on any atom is -0.460 e. The molecule has 0 amide bonds. The molecule has 0 aromatic carbocycles. The number of quaternary nitrogens is 2. The Bertz CT molecular complexity index is 570. The van der Waals surface area contributed by atoms with E-state index in [-0.39, 0.29) is 25.2 Å². The van der Waals surface area contributed by atoms with Crippen molar-refractivity contribution in [3.63, 3.8) is 0 Å². The van der Waals surface area contributed by atoms with Gasteiger partial charge in [-0.05, 0) is 38.5 Å². The SMILES string of the molecule is C[N+](C)(CCO)CCOC(=O)CCCCCCC/C=C/CCCCCCCC(=O)OCC[N+](C)(C)CCO. The van der Waals surface area contributed by atoms with Gasteiger partial charge in [0.25, 0.3) is 0 Å². The van der Waals surface area contributed by atoms with Gasteiger partial charge in [-0.15, -0.1) is 0 Å². The van der Waals surface area contributed by atoms with E-state index in [1.165, 1.54) is 25.7 Å². The molecule has 0 atom stereocenters. The molecule has 2 N–H and O–H groups in total. The van der Waals surface area contributed by atoms with Gasteiger partial charge < -0.3 is 28.7 Å². The summed E-state index contributed by atoms with van der Waals surface area (Å²) in [6, 6.07) is 0. The number of nitrogens with zero attached hydrogens (tertiary/aromatic N) is 2. The molecule has 0 rings (SSSR count). The van der Waals surface area contributed by atoms with Crippen LogP contribution in [0.1, 0.15) is 89.9 Å². The van der Waals surface area contributed by atoms with Crippen molar-refractivity contribution in [2.45, 2.75) is 89.9 Å². The molecule has 0 aliphatic rings. The van der Waals surface area contributed by atoms with Crippen LogP contribution in [-0.2, 0) is 19.1 Å². The summed E-state index contributed by atoms with van der Waals surface area (Å²) in [4.78, 5) is 23.6. The van der Waals surface area contributed by atoms with Crippen molar-refractivity contribution >= 4 is 11.9 Å². The highest BCUT2D eigenvalue weighted by atomic mass is 16.5. The predicted octanol–water partition coefficient (Wildman–Crippen LogP) is 4.23. The van der Waals surface area contributed by atoms with E-state index in [2.05, 4.69) is 12.2 Å². The van der Waals surface area contributed by atoms with E-state index in [9.17, 15) is 9.59 Å². The number of likely N-dealkylation sites (N-methyl/N-ethyl adjacent to an activating group) is 2. The van der Waals surface area contributed by atoms with Crippen LogP contribution >= 0.6 is 0 Å². The summed E-state index contributed by atoms with van der Waals surface area (Å²) in [5.41, 5.74) is 0. The molecule has 0 fully saturated rings. The number of esters is 2. The Morgan fingerprint density at radius 2 is 0.895 bits per heavy atom. The summed E-state index contributed by atoms with van der Waals surface area (Å²) in [6.07, 6.45) is 18.9. The monoisotopic (exact) mass is 544 g/mol. The first-order valence-electron chi connectivity index (χ1n) is 14.9. The van der Waals surface area contributed by atoms with Gasteiger partial charge in [-0.1, -0.05) is 50.7 Å². The van der Waals surface area contributed by atoms with Gasteiger partial charge in [-0.2, -0.15) is 0 Å². The lowest BCUT2D eigenvalue weighted by molar-refractivity contribution is -0.890. The van der Waals surface area contributed by atoms with Crippen molar-refractivity contribution in [3.8, 4) is 0 Å². The minimum absolute atomic E-state index is 0.107. The third-order valence-corrected chi connectivity index (χ3v) is 7.00. The summed E-state index contributed by atoms with van der Waals surface area (Å²) >= 11 is 0. The molecule has 0 spiro atoms. The number of carbonyl (C=O) groups is 2. The molecule has 224 valence electrons. The van der Waals surface area contributed by atoms with Crippen molar-refractivity contribution in [2.24, 2.45) is 0 Å².